The molecule has 2 aromatic heterocycles. The number of benzene rings is 1. The molecule has 0 aliphatic rings. The normalized spacial score (nSPS) is 10.8. The van der Waals surface area contributed by atoms with Crippen LogP contribution in [0.15, 0.2) is 46.2 Å². The number of nitrogens with one attached hydrogen (secondary N) is 1. The Hall–Kier alpha value is -3.13. The summed E-state index contributed by atoms with van der Waals surface area (Å²) in [6, 6.07) is 9.04. The van der Waals surface area contributed by atoms with Crippen LogP contribution in [0, 0.1) is 0 Å². The summed E-state index contributed by atoms with van der Waals surface area (Å²) >= 11 is 1.54. The minimum absolute atomic E-state index is 0.000651. The SMILES string of the molecule is COc1ccc(OC)c(-c2nnc(NC(=O)C=Cc3cccs3)o2)c1. The Balaban J connectivity index is 1.75. The summed E-state index contributed by atoms with van der Waals surface area (Å²) in [6.07, 6.45) is 3.12. The predicted octanol–water partition coefficient (Wildman–Crippen LogP) is 3.47. The van der Waals surface area contributed by atoms with E-state index in [9.17, 15) is 4.79 Å². The highest BCUT2D eigenvalue weighted by molar-refractivity contribution is 7.10. The number of aromatic nitrogens is 2. The van der Waals surface area contributed by atoms with Crippen LogP contribution in [0.4, 0.5) is 6.01 Å². The van der Waals surface area contributed by atoms with E-state index < -0.39 is 0 Å². The predicted molar refractivity (Wildman–Crippen MR) is 94.8 cm³/mol. The molecule has 2 heterocycles. The van der Waals surface area contributed by atoms with Gasteiger partial charge in [-0.05, 0) is 35.7 Å². The largest absolute Gasteiger partial charge is 0.497 e. The standard InChI is InChI=1S/C17H15N3O4S/c1-22-11-5-7-14(23-2)13(10-11)16-19-20-17(24-16)18-15(21)8-6-12-4-3-9-25-12/h3-10H,1-2H3,(H,18,20,21). The lowest BCUT2D eigenvalue weighted by molar-refractivity contribution is -0.112. The Bertz CT molecular complexity index is 887. The number of carbonyl (C=O) groups excluding carboxylic acids is 1. The summed E-state index contributed by atoms with van der Waals surface area (Å²) in [5.41, 5.74) is 0.573. The molecule has 0 aliphatic carbocycles. The lowest BCUT2D eigenvalue weighted by Gasteiger charge is -2.07. The molecule has 0 radical (unpaired) electrons. The van der Waals surface area contributed by atoms with E-state index >= 15 is 0 Å². The molecule has 7 nitrogen and oxygen atoms in total. The third-order valence-electron chi connectivity index (χ3n) is 3.23. The minimum atomic E-state index is -0.360. The number of anilines is 1. The molecule has 1 aromatic carbocycles. The van der Waals surface area contributed by atoms with E-state index in [1.54, 1.807) is 38.5 Å². The zero-order chi connectivity index (χ0) is 17.6. The molecule has 128 valence electrons. The van der Waals surface area contributed by atoms with Crippen molar-refractivity contribution in [1.82, 2.24) is 10.2 Å². The summed E-state index contributed by atoms with van der Waals surface area (Å²) in [4.78, 5) is 12.9. The van der Waals surface area contributed by atoms with Crippen molar-refractivity contribution in [3.63, 3.8) is 0 Å². The van der Waals surface area contributed by atoms with E-state index in [1.807, 2.05) is 17.5 Å². The van der Waals surface area contributed by atoms with Gasteiger partial charge in [0.1, 0.15) is 11.5 Å². The fourth-order valence-electron chi connectivity index (χ4n) is 2.05. The topological polar surface area (TPSA) is 86.5 Å². The second-order valence-electron chi connectivity index (χ2n) is 4.82. The van der Waals surface area contributed by atoms with Crippen molar-refractivity contribution in [3.05, 3.63) is 46.7 Å². The third kappa shape index (κ3) is 4.04. The molecule has 0 atom stereocenters. The monoisotopic (exact) mass is 357 g/mol. The van der Waals surface area contributed by atoms with Gasteiger partial charge in [0.25, 0.3) is 11.8 Å². The highest BCUT2D eigenvalue weighted by atomic mass is 32.1. The third-order valence-corrected chi connectivity index (χ3v) is 4.07. The first-order valence-electron chi connectivity index (χ1n) is 7.28. The van der Waals surface area contributed by atoms with Gasteiger partial charge < -0.3 is 13.9 Å². The Morgan fingerprint density at radius 1 is 1.24 bits per heavy atom. The molecule has 25 heavy (non-hydrogen) atoms. The van der Waals surface area contributed by atoms with E-state index in [1.165, 1.54) is 17.4 Å². The highest BCUT2D eigenvalue weighted by Gasteiger charge is 2.15. The van der Waals surface area contributed by atoms with Crippen LogP contribution in [0.25, 0.3) is 17.5 Å². The van der Waals surface area contributed by atoms with Crippen LogP contribution in [0.5, 0.6) is 11.5 Å². The smallest absolute Gasteiger partial charge is 0.322 e. The number of nitrogens with zero attached hydrogens (tertiary/aromatic N) is 2. The maximum atomic E-state index is 11.9. The number of rotatable bonds is 6. The Labute approximate surface area is 147 Å². The Morgan fingerprint density at radius 3 is 2.84 bits per heavy atom. The number of methoxy groups -OCH3 is 2. The van der Waals surface area contributed by atoms with Crippen LogP contribution in [0.1, 0.15) is 4.88 Å². The molecule has 1 amide bonds. The van der Waals surface area contributed by atoms with E-state index in [2.05, 4.69) is 15.5 Å². The van der Waals surface area contributed by atoms with Gasteiger partial charge in [0, 0.05) is 11.0 Å². The van der Waals surface area contributed by atoms with Crippen molar-refractivity contribution < 1.29 is 18.7 Å². The van der Waals surface area contributed by atoms with Gasteiger partial charge >= 0.3 is 6.01 Å². The molecule has 1 N–H and O–H groups in total. The van der Waals surface area contributed by atoms with Gasteiger partial charge in [0.15, 0.2) is 0 Å². The lowest BCUT2D eigenvalue weighted by Crippen LogP contribution is -2.07. The number of ether oxygens (including phenoxy) is 2. The molecule has 0 saturated heterocycles. The van der Waals surface area contributed by atoms with Gasteiger partial charge in [-0.2, -0.15) is 0 Å². The zero-order valence-electron chi connectivity index (χ0n) is 13.6. The van der Waals surface area contributed by atoms with Crippen molar-refractivity contribution >= 4 is 29.3 Å². The maximum absolute atomic E-state index is 11.9. The van der Waals surface area contributed by atoms with Crippen molar-refractivity contribution in [3.8, 4) is 23.0 Å². The van der Waals surface area contributed by atoms with Crippen LogP contribution in [0.3, 0.4) is 0 Å². The number of thiophene rings is 1. The van der Waals surface area contributed by atoms with Crippen molar-refractivity contribution in [2.75, 3.05) is 19.5 Å². The number of hydrogen-bond acceptors (Lipinski definition) is 7. The van der Waals surface area contributed by atoms with Crippen LogP contribution >= 0.6 is 11.3 Å². The summed E-state index contributed by atoms with van der Waals surface area (Å²) in [6.45, 7) is 0. The Morgan fingerprint density at radius 2 is 2.12 bits per heavy atom. The number of amides is 1. The molecule has 3 aromatic rings. The van der Waals surface area contributed by atoms with E-state index in [-0.39, 0.29) is 17.8 Å². The molecule has 0 spiro atoms. The lowest BCUT2D eigenvalue weighted by atomic mass is 10.2. The summed E-state index contributed by atoms with van der Waals surface area (Å²) in [7, 11) is 3.10. The van der Waals surface area contributed by atoms with E-state index in [0.29, 0.717) is 17.1 Å². The molecule has 0 bridgehead atoms. The summed E-state index contributed by atoms with van der Waals surface area (Å²) < 4.78 is 16.0. The second-order valence-corrected chi connectivity index (χ2v) is 5.80. The van der Waals surface area contributed by atoms with Gasteiger partial charge in [-0.15, -0.1) is 16.4 Å². The van der Waals surface area contributed by atoms with Crippen molar-refractivity contribution in [2.45, 2.75) is 0 Å². The minimum Gasteiger partial charge on any atom is -0.497 e. The molecular weight excluding hydrogens is 342 g/mol. The molecule has 8 heteroatoms. The fourth-order valence-corrected chi connectivity index (χ4v) is 2.67. The van der Waals surface area contributed by atoms with Crippen molar-refractivity contribution in [2.24, 2.45) is 0 Å². The van der Waals surface area contributed by atoms with Crippen molar-refractivity contribution in [1.29, 1.82) is 0 Å². The average Bonchev–Trinajstić information content (AvgIpc) is 3.31. The molecule has 0 fully saturated rings. The highest BCUT2D eigenvalue weighted by Crippen LogP contribution is 2.33. The molecule has 3 rings (SSSR count). The molecule has 0 aliphatic heterocycles. The van der Waals surface area contributed by atoms with Gasteiger partial charge in [-0.25, -0.2) is 0 Å². The Kier molecular flexibility index (Phi) is 5.10. The van der Waals surface area contributed by atoms with Crippen LogP contribution < -0.4 is 14.8 Å². The summed E-state index contributed by atoms with van der Waals surface area (Å²) in [5, 5.41) is 12.2. The second kappa shape index (κ2) is 7.63. The number of carbonyl (C=O) groups is 1. The first kappa shape index (κ1) is 16.7. The van der Waals surface area contributed by atoms with Gasteiger partial charge in [0.05, 0.1) is 19.8 Å². The maximum Gasteiger partial charge on any atom is 0.322 e. The number of hydrogen-bond donors (Lipinski definition) is 1. The average molecular weight is 357 g/mol. The first-order chi connectivity index (χ1) is 12.2. The van der Waals surface area contributed by atoms with Gasteiger partial charge in [-0.1, -0.05) is 11.2 Å². The van der Waals surface area contributed by atoms with E-state index in [0.717, 1.165) is 4.88 Å². The van der Waals surface area contributed by atoms with E-state index in [4.69, 9.17) is 13.9 Å². The molecular formula is C17H15N3O4S. The fraction of sp³-hybridized carbons (Fsp3) is 0.118. The van der Waals surface area contributed by atoms with Gasteiger partial charge in [-0.3, -0.25) is 10.1 Å². The first-order valence-corrected chi connectivity index (χ1v) is 8.16. The quantitative estimate of drug-likeness (QED) is 0.680. The van der Waals surface area contributed by atoms with Crippen LogP contribution in [-0.4, -0.2) is 30.3 Å². The zero-order valence-corrected chi connectivity index (χ0v) is 14.4. The van der Waals surface area contributed by atoms with Crippen LogP contribution in [0.2, 0.25) is 0 Å². The van der Waals surface area contributed by atoms with Crippen LogP contribution in [-0.2, 0) is 4.79 Å². The molecule has 0 saturated carbocycles. The van der Waals surface area contributed by atoms with Gasteiger partial charge in [0.2, 0.25) is 0 Å². The summed E-state index contributed by atoms with van der Waals surface area (Å²) in [5.74, 6) is 1.04. The molecule has 0 unspecified atom stereocenters.